The van der Waals surface area contributed by atoms with Gasteiger partial charge in [0.1, 0.15) is 5.75 Å². The lowest BCUT2D eigenvalue weighted by Crippen LogP contribution is -1.98. The lowest BCUT2D eigenvalue weighted by atomic mass is 10.1. The number of anilines is 1. The van der Waals surface area contributed by atoms with Crippen LogP contribution in [0.5, 0.6) is 5.75 Å². The zero-order valence-electron chi connectivity index (χ0n) is 11.6. The molecule has 0 atom stereocenters. The van der Waals surface area contributed by atoms with Gasteiger partial charge in [-0.15, -0.1) is 0 Å². The molecule has 0 bridgehead atoms. The molecule has 2 aromatic carbocycles. The van der Waals surface area contributed by atoms with Crippen LogP contribution < -0.4 is 10.5 Å². The first-order valence-corrected chi connectivity index (χ1v) is 6.59. The van der Waals surface area contributed by atoms with Gasteiger partial charge in [0, 0.05) is 5.56 Å². The molecule has 106 valence electrons. The highest BCUT2D eigenvalue weighted by Gasteiger charge is 2.09. The van der Waals surface area contributed by atoms with Gasteiger partial charge in [0.2, 0.25) is 5.82 Å². The smallest absolute Gasteiger partial charge is 0.264 e. The number of nitrogens with two attached hydrogens (primary N) is 1. The summed E-state index contributed by atoms with van der Waals surface area (Å²) in [4.78, 5) is 4.31. The van der Waals surface area contributed by atoms with Gasteiger partial charge < -0.3 is 15.0 Å². The van der Waals surface area contributed by atoms with Crippen LogP contribution in [0.3, 0.4) is 0 Å². The maximum absolute atomic E-state index is 5.80. The van der Waals surface area contributed by atoms with Crippen LogP contribution in [0.2, 0.25) is 0 Å². The highest BCUT2D eigenvalue weighted by atomic mass is 16.5. The van der Waals surface area contributed by atoms with E-state index in [1.54, 1.807) is 12.1 Å². The Morgan fingerprint density at radius 1 is 1.10 bits per heavy atom. The number of hydrogen-bond acceptors (Lipinski definition) is 5. The molecule has 5 heteroatoms. The summed E-state index contributed by atoms with van der Waals surface area (Å²) in [6.07, 6.45) is 0. The molecule has 21 heavy (non-hydrogen) atoms. The summed E-state index contributed by atoms with van der Waals surface area (Å²) in [7, 11) is 0. The average Bonchev–Trinajstić information content (AvgIpc) is 2.96. The van der Waals surface area contributed by atoms with Crippen LogP contribution in [0.1, 0.15) is 11.5 Å². The van der Waals surface area contributed by atoms with Gasteiger partial charge >= 0.3 is 0 Å². The van der Waals surface area contributed by atoms with Gasteiger partial charge in [-0.3, -0.25) is 0 Å². The van der Waals surface area contributed by atoms with Crippen LogP contribution in [0.4, 0.5) is 5.69 Å². The molecule has 0 aliphatic carbocycles. The second kappa shape index (κ2) is 5.66. The molecular weight excluding hydrogens is 266 g/mol. The minimum absolute atomic E-state index is 0.188. The number of benzene rings is 2. The fourth-order valence-electron chi connectivity index (χ4n) is 1.88. The molecule has 0 amide bonds. The first-order valence-electron chi connectivity index (χ1n) is 6.59. The van der Waals surface area contributed by atoms with E-state index >= 15 is 0 Å². The van der Waals surface area contributed by atoms with E-state index in [1.807, 2.05) is 43.3 Å². The normalized spacial score (nSPS) is 10.5. The van der Waals surface area contributed by atoms with Crippen molar-refractivity contribution in [1.29, 1.82) is 0 Å². The number of para-hydroxylation sites is 2. The second-order valence-electron chi connectivity index (χ2n) is 4.70. The Labute approximate surface area is 122 Å². The van der Waals surface area contributed by atoms with E-state index in [0.29, 0.717) is 23.2 Å². The number of ether oxygens (including phenoxy) is 1. The SMILES string of the molecule is Cc1ccc(-c2noc(COc3ccccc3N)n2)cc1. The Bertz CT molecular complexity index is 735. The van der Waals surface area contributed by atoms with Gasteiger partial charge in [0.25, 0.3) is 5.89 Å². The summed E-state index contributed by atoms with van der Waals surface area (Å²) in [6, 6.07) is 15.2. The van der Waals surface area contributed by atoms with Crippen LogP contribution in [-0.4, -0.2) is 10.1 Å². The first-order chi connectivity index (χ1) is 10.2. The number of hydrogen-bond donors (Lipinski definition) is 1. The molecule has 0 saturated heterocycles. The number of nitrogen functional groups attached to an aromatic ring is 1. The molecule has 1 heterocycles. The van der Waals surface area contributed by atoms with E-state index in [-0.39, 0.29) is 6.61 Å². The summed E-state index contributed by atoms with van der Waals surface area (Å²) >= 11 is 0. The van der Waals surface area contributed by atoms with Crippen molar-refractivity contribution in [3.8, 4) is 17.1 Å². The maximum Gasteiger partial charge on any atom is 0.264 e. The third-order valence-corrected chi connectivity index (χ3v) is 3.05. The Kier molecular flexibility index (Phi) is 3.55. The zero-order chi connectivity index (χ0) is 14.7. The highest BCUT2D eigenvalue weighted by Crippen LogP contribution is 2.21. The minimum Gasteiger partial charge on any atom is -0.482 e. The van der Waals surface area contributed by atoms with Crippen molar-refractivity contribution < 1.29 is 9.26 Å². The molecule has 0 aliphatic rings. The molecule has 0 spiro atoms. The Hall–Kier alpha value is -2.82. The van der Waals surface area contributed by atoms with Crippen molar-refractivity contribution in [3.05, 3.63) is 60.0 Å². The van der Waals surface area contributed by atoms with Crippen LogP contribution in [0.25, 0.3) is 11.4 Å². The van der Waals surface area contributed by atoms with Gasteiger partial charge in [0.15, 0.2) is 6.61 Å². The zero-order valence-corrected chi connectivity index (χ0v) is 11.6. The fourth-order valence-corrected chi connectivity index (χ4v) is 1.88. The van der Waals surface area contributed by atoms with Crippen molar-refractivity contribution in [2.45, 2.75) is 13.5 Å². The van der Waals surface area contributed by atoms with Gasteiger partial charge in [-0.05, 0) is 19.1 Å². The van der Waals surface area contributed by atoms with Crippen LogP contribution >= 0.6 is 0 Å². The lowest BCUT2D eigenvalue weighted by Gasteiger charge is -2.05. The molecule has 2 N–H and O–H groups in total. The van der Waals surface area contributed by atoms with E-state index in [9.17, 15) is 0 Å². The first kappa shape index (κ1) is 13.2. The fraction of sp³-hybridized carbons (Fsp3) is 0.125. The van der Waals surface area contributed by atoms with Gasteiger partial charge in [0.05, 0.1) is 5.69 Å². The predicted octanol–water partition coefficient (Wildman–Crippen LogP) is 3.21. The van der Waals surface area contributed by atoms with Gasteiger partial charge in [-0.25, -0.2) is 0 Å². The number of aromatic nitrogens is 2. The average molecular weight is 281 g/mol. The lowest BCUT2D eigenvalue weighted by molar-refractivity contribution is 0.244. The van der Waals surface area contributed by atoms with Crippen LogP contribution in [0, 0.1) is 6.92 Å². The molecule has 0 saturated carbocycles. The van der Waals surface area contributed by atoms with E-state index < -0.39 is 0 Å². The summed E-state index contributed by atoms with van der Waals surface area (Å²) in [5, 5.41) is 3.95. The maximum atomic E-state index is 5.80. The predicted molar refractivity (Wildman–Crippen MR) is 79.7 cm³/mol. The second-order valence-corrected chi connectivity index (χ2v) is 4.70. The van der Waals surface area contributed by atoms with Crippen molar-refractivity contribution >= 4 is 5.69 Å². The monoisotopic (exact) mass is 281 g/mol. The van der Waals surface area contributed by atoms with Crippen molar-refractivity contribution in [2.75, 3.05) is 5.73 Å². The third kappa shape index (κ3) is 3.02. The van der Waals surface area contributed by atoms with Crippen LogP contribution in [0.15, 0.2) is 53.1 Å². The molecule has 0 radical (unpaired) electrons. The van der Waals surface area contributed by atoms with Crippen LogP contribution in [-0.2, 0) is 6.61 Å². The largest absolute Gasteiger partial charge is 0.482 e. The van der Waals surface area contributed by atoms with E-state index in [2.05, 4.69) is 10.1 Å². The molecule has 5 nitrogen and oxygen atoms in total. The number of aryl methyl sites for hydroxylation is 1. The quantitative estimate of drug-likeness (QED) is 0.743. The summed E-state index contributed by atoms with van der Waals surface area (Å²) in [5.74, 6) is 1.57. The van der Waals surface area contributed by atoms with E-state index in [1.165, 1.54) is 5.56 Å². The van der Waals surface area contributed by atoms with Crippen molar-refractivity contribution in [1.82, 2.24) is 10.1 Å². The Morgan fingerprint density at radius 3 is 2.62 bits per heavy atom. The molecule has 1 aromatic heterocycles. The van der Waals surface area contributed by atoms with Crippen molar-refractivity contribution in [2.24, 2.45) is 0 Å². The molecule has 0 unspecified atom stereocenters. The topological polar surface area (TPSA) is 74.2 Å². The molecular formula is C16H15N3O2. The van der Waals surface area contributed by atoms with E-state index in [4.69, 9.17) is 15.0 Å². The molecule has 3 aromatic rings. The number of nitrogens with zero attached hydrogens (tertiary/aromatic N) is 2. The molecule has 0 aliphatic heterocycles. The highest BCUT2D eigenvalue weighted by molar-refractivity contribution is 5.54. The number of rotatable bonds is 4. The third-order valence-electron chi connectivity index (χ3n) is 3.05. The standard InChI is InChI=1S/C16H15N3O2/c1-11-6-8-12(9-7-11)16-18-15(21-19-16)10-20-14-5-3-2-4-13(14)17/h2-9H,10,17H2,1H3. The minimum atomic E-state index is 0.188. The van der Waals surface area contributed by atoms with E-state index in [0.717, 1.165) is 5.56 Å². The van der Waals surface area contributed by atoms with Gasteiger partial charge in [-0.1, -0.05) is 47.1 Å². The molecule has 0 fully saturated rings. The summed E-state index contributed by atoms with van der Waals surface area (Å²) in [5.41, 5.74) is 8.48. The Morgan fingerprint density at radius 2 is 1.86 bits per heavy atom. The van der Waals surface area contributed by atoms with Crippen molar-refractivity contribution in [3.63, 3.8) is 0 Å². The molecule has 3 rings (SSSR count). The summed E-state index contributed by atoms with van der Waals surface area (Å²) in [6.45, 7) is 2.22. The summed E-state index contributed by atoms with van der Waals surface area (Å²) < 4.78 is 10.8. The Balaban J connectivity index is 1.71. The van der Waals surface area contributed by atoms with Gasteiger partial charge in [-0.2, -0.15) is 4.98 Å².